The number of nitro groups is 1. The Morgan fingerprint density at radius 1 is 1.25 bits per heavy atom. The van der Waals surface area contributed by atoms with Crippen molar-refractivity contribution in [2.75, 3.05) is 0 Å². The fourth-order valence-electron chi connectivity index (χ4n) is 2.24. The average Bonchev–Trinajstić information content (AvgIpc) is 2.90. The van der Waals surface area contributed by atoms with Crippen LogP contribution in [0.1, 0.15) is 16.7 Å². The summed E-state index contributed by atoms with van der Waals surface area (Å²) in [6, 6.07) is 10.3. The van der Waals surface area contributed by atoms with Crippen molar-refractivity contribution in [3.63, 3.8) is 0 Å². The van der Waals surface area contributed by atoms with Crippen LogP contribution in [0.25, 0.3) is 6.08 Å². The van der Waals surface area contributed by atoms with Crippen LogP contribution in [0, 0.1) is 22.9 Å². The molecule has 0 saturated heterocycles. The monoisotopic (exact) mass is 326 g/mol. The van der Waals surface area contributed by atoms with E-state index in [1.165, 1.54) is 36.4 Å². The number of halogens is 1. The SMILES string of the molecule is Cc1ccc([N+](=O)[O-])c(C2=N/C(=C\c3ccccc3F)C(=O)O2)c1. The van der Waals surface area contributed by atoms with Crippen molar-refractivity contribution in [3.05, 3.63) is 80.8 Å². The molecule has 1 aliphatic heterocycles. The van der Waals surface area contributed by atoms with E-state index in [4.69, 9.17) is 4.74 Å². The second-order valence-electron chi connectivity index (χ2n) is 5.14. The number of benzene rings is 2. The first kappa shape index (κ1) is 15.5. The van der Waals surface area contributed by atoms with Gasteiger partial charge in [0, 0.05) is 11.6 Å². The second kappa shape index (κ2) is 6.04. The average molecular weight is 326 g/mol. The number of rotatable bonds is 3. The second-order valence-corrected chi connectivity index (χ2v) is 5.14. The molecule has 0 fully saturated rings. The molecule has 6 nitrogen and oxygen atoms in total. The third kappa shape index (κ3) is 2.91. The molecule has 0 N–H and O–H groups in total. The molecular formula is C17H11FN2O4. The minimum atomic E-state index is -0.788. The molecule has 120 valence electrons. The molecule has 24 heavy (non-hydrogen) atoms. The Hall–Kier alpha value is -3.35. The van der Waals surface area contributed by atoms with Gasteiger partial charge in [0.2, 0.25) is 5.90 Å². The Morgan fingerprint density at radius 2 is 2.00 bits per heavy atom. The molecule has 7 heteroatoms. The molecule has 0 bridgehead atoms. The summed E-state index contributed by atoms with van der Waals surface area (Å²) in [4.78, 5) is 26.5. The minimum Gasteiger partial charge on any atom is -0.402 e. The van der Waals surface area contributed by atoms with Crippen molar-refractivity contribution < 1.29 is 18.8 Å². The van der Waals surface area contributed by atoms with Crippen molar-refractivity contribution in [2.24, 2.45) is 4.99 Å². The lowest BCUT2D eigenvalue weighted by Gasteiger charge is -2.02. The lowest BCUT2D eigenvalue weighted by molar-refractivity contribution is -0.385. The molecule has 1 aliphatic rings. The fraction of sp³-hybridized carbons (Fsp3) is 0.0588. The summed E-state index contributed by atoms with van der Waals surface area (Å²) in [5.41, 5.74) is 0.685. The summed E-state index contributed by atoms with van der Waals surface area (Å²) in [6.45, 7) is 1.75. The van der Waals surface area contributed by atoms with E-state index < -0.39 is 16.7 Å². The highest BCUT2D eigenvalue weighted by atomic mass is 19.1. The number of hydrogen-bond acceptors (Lipinski definition) is 5. The van der Waals surface area contributed by atoms with E-state index in [2.05, 4.69) is 4.99 Å². The summed E-state index contributed by atoms with van der Waals surface area (Å²) < 4.78 is 18.7. The van der Waals surface area contributed by atoms with Crippen LogP contribution in [-0.2, 0) is 9.53 Å². The van der Waals surface area contributed by atoms with Gasteiger partial charge in [-0.3, -0.25) is 10.1 Å². The molecule has 0 saturated carbocycles. The van der Waals surface area contributed by atoms with Gasteiger partial charge < -0.3 is 4.74 Å². The van der Waals surface area contributed by atoms with Gasteiger partial charge in [-0.15, -0.1) is 0 Å². The van der Waals surface area contributed by atoms with E-state index in [0.29, 0.717) is 0 Å². The predicted octanol–water partition coefficient (Wildman–Crippen LogP) is 3.39. The quantitative estimate of drug-likeness (QED) is 0.375. The number of ether oxygens (including phenoxy) is 1. The molecule has 2 aromatic carbocycles. The Kier molecular flexibility index (Phi) is 3.91. The third-order valence-corrected chi connectivity index (χ3v) is 3.40. The molecule has 0 atom stereocenters. The van der Waals surface area contributed by atoms with Crippen molar-refractivity contribution >= 4 is 23.6 Å². The fourth-order valence-corrected chi connectivity index (χ4v) is 2.24. The molecule has 0 aliphatic carbocycles. The number of aryl methyl sites for hydroxylation is 1. The van der Waals surface area contributed by atoms with Crippen molar-refractivity contribution in [3.8, 4) is 0 Å². The van der Waals surface area contributed by atoms with Crippen molar-refractivity contribution in [1.82, 2.24) is 0 Å². The van der Waals surface area contributed by atoms with E-state index in [-0.39, 0.29) is 28.4 Å². The standard InChI is InChI=1S/C17H11FN2O4/c1-10-6-7-15(20(22)23)12(8-10)16-19-14(17(21)24-16)9-11-4-2-3-5-13(11)18/h2-9H,1H3/b14-9-. The highest BCUT2D eigenvalue weighted by Gasteiger charge is 2.29. The first-order valence-electron chi connectivity index (χ1n) is 6.98. The van der Waals surface area contributed by atoms with E-state index in [1.54, 1.807) is 19.1 Å². The van der Waals surface area contributed by atoms with Crippen LogP contribution in [-0.4, -0.2) is 16.8 Å². The number of nitrogens with zero attached hydrogens (tertiary/aromatic N) is 2. The number of esters is 1. The number of carbonyl (C=O) groups is 1. The zero-order chi connectivity index (χ0) is 17.3. The lowest BCUT2D eigenvalue weighted by Crippen LogP contribution is -2.08. The normalized spacial score (nSPS) is 15.3. The molecule has 0 radical (unpaired) electrons. The number of aliphatic imine (C=N–C) groups is 1. The van der Waals surface area contributed by atoms with Gasteiger partial charge in [-0.25, -0.2) is 14.2 Å². The van der Waals surface area contributed by atoms with Crippen LogP contribution in [0.15, 0.2) is 53.2 Å². The Morgan fingerprint density at radius 3 is 2.71 bits per heavy atom. The number of carbonyl (C=O) groups excluding carboxylic acids is 1. The molecule has 0 amide bonds. The van der Waals surface area contributed by atoms with Gasteiger partial charge in [0.05, 0.1) is 4.92 Å². The summed E-state index contributed by atoms with van der Waals surface area (Å²) in [6.07, 6.45) is 1.24. The molecule has 0 unspecified atom stereocenters. The van der Waals surface area contributed by atoms with Gasteiger partial charge in [-0.2, -0.15) is 0 Å². The smallest absolute Gasteiger partial charge is 0.363 e. The van der Waals surface area contributed by atoms with Crippen LogP contribution in [0.5, 0.6) is 0 Å². The summed E-state index contributed by atoms with van der Waals surface area (Å²) in [5.74, 6) is -1.47. The zero-order valence-electron chi connectivity index (χ0n) is 12.5. The Balaban J connectivity index is 2.06. The van der Waals surface area contributed by atoms with Gasteiger partial charge in [0.1, 0.15) is 11.4 Å². The summed E-state index contributed by atoms with van der Waals surface area (Å²) in [5, 5.41) is 11.1. The minimum absolute atomic E-state index is 0.102. The van der Waals surface area contributed by atoms with E-state index in [0.717, 1.165) is 5.56 Å². The highest BCUT2D eigenvalue weighted by molar-refractivity contribution is 6.14. The van der Waals surface area contributed by atoms with Crippen LogP contribution in [0.3, 0.4) is 0 Å². The molecule has 2 aromatic rings. The lowest BCUT2D eigenvalue weighted by atomic mass is 10.1. The third-order valence-electron chi connectivity index (χ3n) is 3.40. The Bertz CT molecular complexity index is 919. The van der Waals surface area contributed by atoms with Crippen LogP contribution in [0.4, 0.5) is 10.1 Å². The molecule has 0 spiro atoms. The summed E-state index contributed by atoms with van der Waals surface area (Å²) in [7, 11) is 0. The van der Waals surface area contributed by atoms with Crippen LogP contribution >= 0.6 is 0 Å². The van der Waals surface area contributed by atoms with Crippen LogP contribution in [0.2, 0.25) is 0 Å². The van der Waals surface area contributed by atoms with E-state index in [1.807, 2.05) is 0 Å². The van der Waals surface area contributed by atoms with Gasteiger partial charge in [0.15, 0.2) is 5.70 Å². The largest absolute Gasteiger partial charge is 0.402 e. The maximum Gasteiger partial charge on any atom is 0.363 e. The first-order valence-corrected chi connectivity index (χ1v) is 6.98. The van der Waals surface area contributed by atoms with E-state index >= 15 is 0 Å². The Labute approximate surface area is 136 Å². The predicted molar refractivity (Wildman–Crippen MR) is 84.8 cm³/mol. The van der Waals surface area contributed by atoms with E-state index in [9.17, 15) is 19.3 Å². The van der Waals surface area contributed by atoms with Crippen molar-refractivity contribution in [2.45, 2.75) is 6.92 Å². The first-order chi connectivity index (χ1) is 11.5. The molecule has 3 rings (SSSR count). The van der Waals surface area contributed by atoms with Gasteiger partial charge in [-0.1, -0.05) is 24.3 Å². The van der Waals surface area contributed by atoms with Gasteiger partial charge in [-0.05, 0) is 30.7 Å². The topological polar surface area (TPSA) is 81.8 Å². The van der Waals surface area contributed by atoms with Gasteiger partial charge in [0.25, 0.3) is 5.69 Å². The maximum absolute atomic E-state index is 13.7. The number of hydrogen-bond donors (Lipinski definition) is 0. The number of nitro benzene ring substituents is 1. The number of cyclic esters (lactones) is 1. The maximum atomic E-state index is 13.7. The summed E-state index contributed by atoms with van der Waals surface area (Å²) >= 11 is 0. The molecular weight excluding hydrogens is 315 g/mol. The zero-order valence-corrected chi connectivity index (χ0v) is 12.5. The highest BCUT2D eigenvalue weighted by Crippen LogP contribution is 2.26. The van der Waals surface area contributed by atoms with Crippen molar-refractivity contribution in [1.29, 1.82) is 0 Å². The van der Waals surface area contributed by atoms with Crippen LogP contribution < -0.4 is 0 Å². The van der Waals surface area contributed by atoms with Gasteiger partial charge >= 0.3 is 5.97 Å². The molecule has 0 aromatic heterocycles. The molecule has 1 heterocycles.